The highest BCUT2D eigenvalue weighted by Gasteiger charge is 2.36. The standard InChI is InChI=1S/C39H34FN2O/c1-22-12-15-27-28-17-14-24(20-41)35(23-13-16-26-25-10-8-9-11-29(25)39(5,6)30(26)18-23)37(28)43-36(27)34(22)33-19-31(38(2,3)4)32(40)21-42(33)7/h8-19,21H,1-7H3/q+1/i19D,21D. The van der Waals surface area contributed by atoms with Crippen LogP contribution in [0.2, 0.25) is 0 Å². The first kappa shape index (κ1) is 24.8. The quantitative estimate of drug-likeness (QED) is 0.195. The second kappa shape index (κ2) is 9.12. The zero-order chi connectivity index (χ0) is 32.2. The minimum absolute atomic E-state index is 0.0351. The van der Waals surface area contributed by atoms with Crippen LogP contribution in [0.1, 0.15) is 65.2 Å². The van der Waals surface area contributed by atoms with Crippen molar-refractivity contribution in [1.29, 1.82) is 5.26 Å². The molecule has 2 heterocycles. The van der Waals surface area contributed by atoms with Crippen molar-refractivity contribution < 1.29 is 16.1 Å². The van der Waals surface area contributed by atoms with Gasteiger partial charge in [0.05, 0.1) is 18.6 Å². The summed E-state index contributed by atoms with van der Waals surface area (Å²) in [7, 11) is 1.62. The molecule has 1 aliphatic carbocycles. The van der Waals surface area contributed by atoms with Gasteiger partial charge in [0.2, 0.25) is 11.9 Å². The molecule has 0 radical (unpaired) electrons. The average molecular weight is 568 g/mol. The first-order valence-corrected chi connectivity index (χ1v) is 14.6. The fourth-order valence-electron chi connectivity index (χ4n) is 6.80. The van der Waals surface area contributed by atoms with Gasteiger partial charge in [-0.05, 0) is 63.9 Å². The van der Waals surface area contributed by atoms with Crippen LogP contribution in [0.15, 0.2) is 83.4 Å². The summed E-state index contributed by atoms with van der Waals surface area (Å²) in [6.45, 7) is 12.0. The molecule has 0 amide bonds. The summed E-state index contributed by atoms with van der Waals surface area (Å²) in [5.74, 6) is -0.684. The molecule has 6 aromatic rings. The maximum absolute atomic E-state index is 15.5. The molecule has 212 valence electrons. The normalized spacial score (nSPS) is 14.4. The number of pyridine rings is 1. The molecule has 7 rings (SSSR count). The number of rotatable bonds is 2. The summed E-state index contributed by atoms with van der Waals surface area (Å²) >= 11 is 0. The highest BCUT2D eigenvalue weighted by molar-refractivity contribution is 6.14. The lowest BCUT2D eigenvalue weighted by atomic mass is 9.81. The number of aryl methyl sites for hydroxylation is 1. The number of nitriles is 1. The third-order valence-corrected chi connectivity index (χ3v) is 9.06. The first-order valence-electron chi connectivity index (χ1n) is 15.6. The maximum Gasteiger partial charge on any atom is 0.216 e. The van der Waals surface area contributed by atoms with Gasteiger partial charge >= 0.3 is 0 Å². The molecule has 0 saturated carbocycles. The highest BCUT2D eigenvalue weighted by atomic mass is 19.1. The van der Waals surface area contributed by atoms with E-state index in [4.69, 9.17) is 5.79 Å². The van der Waals surface area contributed by atoms with E-state index < -0.39 is 11.2 Å². The van der Waals surface area contributed by atoms with Crippen LogP contribution in [-0.2, 0) is 17.9 Å². The smallest absolute Gasteiger partial charge is 0.216 e. The largest absolute Gasteiger partial charge is 0.454 e. The molecular formula is C39H34FN2O+. The third kappa shape index (κ3) is 3.88. The highest BCUT2D eigenvalue weighted by Crippen LogP contribution is 2.50. The van der Waals surface area contributed by atoms with Gasteiger partial charge in [0.15, 0.2) is 5.82 Å². The molecule has 0 fully saturated rings. The molecule has 0 spiro atoms. The molecule has 0 atom stereocenters. The van der Waals surface area contributed by atoms with Crippen molar-refractivity contribution in [3.63, 3.8) is 0 Å². The van der Waals surface area contributed by atoms with E-state index in [9.17, 15) is 6.63 Å². The Morgan fingerprint density at radius 3 is 2.30 bits per heavy atom. The molecule has 0 aliphatic heterocycles. The molecule has 0 unspecified atom stereocenters. The van der Waals surface area contributed by atoms with Crippen LogP contribution in [0.25, 0.3) is 55.4 Å². The van der Waals surface area contributed by atoms with E-state index >= 15 is 4.39 Å². The Hall–Kier alpha value is -4.75. The van der Waals surface area contributed by atoms with Gasteiger partial charge in [-0.2, -0.15) is 9.83 Å². The topological polar surface area (TPSA) is 40.8 Å². The molecule has 1 aliphatic rings. The third-order valence-electron chi connectivity index (χ3n) is 9.06. The van der Waals surface area contributed by atoms with Crippen molar-refractivity contribution in [2.75, 3.05) is 0 Å². The summed E-state index contributed by atoms with van der Waals surface area (Å²) in [6, 6.07) is 25.0. The lowest BCUT2D eigenvalue weighted by molar-refractivity contribution is -0.662. The number of benzene rings is 4. The summed E-state index contributed by atoms with van der Waals surface area (Å²) < 4.78 is 41.5. The SMILES string of the molecule is [2H]c1c(C(C)(C)C)c(F)c([2H])[n+](C)c1-c1c(C)ccc2c1oc1c(-c3ccc4c(c3)C(C)(C)c3ccccc3-4)c(C#N)ccc12. The van der Waals surface area contributed by atoms with Crippen LogP contribution in [0.4, 0.5) is 4.39 Å². The predicted molar refractivity (Wildman–Crippen MR) is 171 cm³/mol. The number of hydrogen-bond acceptors (Lipinski definition) is 2. The first-order chi connectivity index (χ1) is 21.3. The number of aromatic nitrogens is 1. The molecule has 4 heteroatoms. The monoisotopic (exact) mass is 567 g/mol. The lowest BCUT2D eigenvalue weighted by Crippen LogP contribution is -2.33. The summed E-state index contributed by atoms with van der Waals surface area (Å²) in [5, 5.41) is 12.0. The van der Waals surface area contributed by atoms with E-state index in [1.807, 2.05) is 52.0 Å². The number of fused-ring (bicyclic) bond motifs is 6. The van der Waals surface area contributed by atoms with Crippen molar-refractivity contribution in [3.05, 3.63) is 113 Å². The molecule has 4 aromatic carbocycles. The van der Waals surface area contributed by atoms with Crippen molar-refractivity contribution in [3.8, 4) is 39.6 Å². The number of nitrogens with zero attached hydrogens (tertiary/aromatic N) is 2. The fraction of sp³-hybridized carbons (Fsp3) is 0.231. The van der Waals surface area contributed by atoms with Gasteiger partial charge in [-0.15, -0.1) is 0 Å². The summed E-state index contributed by atoms with van der Waals surface area (Å²) in [5.41, 5.74) is 9.36. The number of furan rings is 1. The van der Waals surface area contributed by atoms with E-state index in [0.29, 0.717) is 28.0 Å². The Balaban J connectivity index is 1.54. The van der Waals surface area contributed by atoms with E-state index in [2.05, 4.69) is 62.4 Å². The minimum Gasteiger partial charge on any atom is -0.454 e. The molecule has 0 saturated heterocycles. The molecule has 2 aromatic heterocycles. The Labute approximate surface area is 254 Å². The van der Waals surface area contributed by atoms with Crippen LogP contribution in [0.3, 0.4) is 0 Å². The lowest BCUT2D eigenvalue weighted by Gasteiger charge is -2.22. The molecule has 43 heavy (non-hydrogen) atoms. The van der Waals surface area contributed by atoms with Crippen molar-refractivity contribution in [2.24, 2.45) is 7.05 Å². The van der Waals surface area contributed by atoms with Crippen molar-refractivity contribution in [1.82, 2.24) is 0 Å². The Morgan fingerprint density at radius 2 is 1.58 bits per heavy atom. The number of halogens is 1. The van der Waals surface area contributed by atoms with Crippen LogP contribution in [0.5, 0.6) is 0 Å². The molecule has 0 N–H and O–H groups in total. The van der Waals surface area contributed by atoms with Crippen LogP contribution in [-0.4, -0.2) is 0 Å². The van der Waals surface area contributed by atoms with Crippen molar-refractivity contribution in [2.45, 2.75) is 52.4 Å². The van der Waals surface area contributed by atoms with E-state index in [1.165, 1.54) is 26.8 Å². The zero-order valence-corrected chi connectivity index (χ0v) is 25.5. The van der Waals surface area contributed by atoms with Crippen LogP contribution in [0, 0.1) is 24.1 Å². The zero-order valence-electron chi connectivity index (χ0n) is 27.5. The van der Waals surface area contributed by atoms with Gasteiger partial charge in [0.25, 0.3) is 0 Å². The van der Waals surface area contributed by atoms with E-state index in [0.717, 1.165) is 27.5 Å². The molecular weight excluding hydrogens is 531 g/mol. The fourth-order valence-corrected chi connectivity index (χ4v) is 6.80. The van der Waals surface area contributed by atoms with Gasteiger partial charge < -0.3 is 4.42 Å². The summed E-state index contributed by atoms with van der Waals surface area (Å²) in [4.78, 5) is 0. The van der Waals surface area contributed by atoms with E-state index in [-0.39, 0.29) is 23.2 Å². The van der Waals surface area contributed by atoms with Crippen LogP contribution >= 0.6 is 0 Å². The van der Waals surface area contributed by atoms with Crippen LogP contribution < -0.4 is 4.57 Å². The minimum atomic E-state index is -0.689. The van der Waals surface area contributed by atoms with Gasteiger partial charge in [-0.1, -0.05) is 83.1 Å². The van der Waals surface area contributed by atoms with E-state index in [1.54, 1.807) is 7.05 Å². The van der Waals surface area contributed by atoms with Gasteiger partial charge in [0.1, 0.15) is 19.6 Å². The van der Waals surface area contributed by atoms with Gasteiger partial charge in [-0.3, -0.25) is 0 Å². The molecule has 3 nitrogen and oxygen atoms in total. The Morgan fingerprint density at radius 1 is 0.907 bits per heavy atom. The molecule has 0 bridgehead atoms. The maximum atomic E-state index is 15.5. The number of hydrogen-bond donors (Lipinski definition) is 0. The van der Waals surface area contributed by atoms with Crippen molar-refractivity contribution >= 4 is 21.9 Å². The second-order valence-corrected chi connectivity index (χ2v) is 13.2. The second-order valence-electron chi connectivity index (χ2n) is 13.2. The Kier molecular flexibility index (Phi) is 5.26. The predicted octanol–water partition coefficient (Wildman–Crippen LogP) is 9.67. The van der Waals surface area contributed by atoms with Gasteiger partial charge in [-0.25, -0.2) is 4.39 Å². The Bertz CT molecular complexity index is 2300. The summed E-state index contributed by atoms with van der Waals surface area (Å²) in [6.07, 6.45) is -0.285. The van der Waals surface area contributed by atoms with Gasteiger partial charge in [0, 0.05) is 33.4 Å². The average Bonchev–Trinajstić information content (AvgIpc) is 3.48.